The van der Waals surface area contributed by atoms with E-state index >= 15 is 0 Å². The topological polar surface area (TPSA) is 74.1 Å². The first-order valence-electron chi connectivity index (χ1n) is 10.8. The van der Waals surface area contributed by atoms with Gasteiger partial charge in [0.05, 0.1) is 25.8 Å². The smallest absolute Gasteiger partial charge is 0.295 e. The minimum atomic E-state index is -0.938. The lowest BCUT2D eigenvalue weighted by Crippen LogP contribution is -3.14. The first kappa shape index (κ1) is 23.7. The monoisotopic (exact) mass is 492 g/mol. The Bertz CT molecular complexity index is 1080. The van der Waals surface area contributed by atoms with Crippen LogP contribution in [0.25, 0.3) is 5.76 Å². The number of Topliss-reactive ketones (excluding diaryl/α,β-unsaturated/α-hetero) is 1. The van der Waals surface area contributed by atoms with Crippen molar-refractivity contribution in [1.29, 1.82) is 0 Å². The number of likely N-dealkylation sites (tertiary alicyclic amines) is 1. The maximum atomic E-state index is 13.4. The molecule has 1 unspecified atom stereocenters. The number of morpholine rings is 1. The summed E-state index contributed by atoms with van der Waals surface area (Å²) in [6.07, 6.45) is 0.647. The van der Waals surface area contributed by atoms with E-state index in [4.69, 9.17) is 27.9 Å². The van der Waals surface area contributed by atoms with Crippen LogP contribution in [0.2, 0.25) is 10.0 Å². The van der Waals surface area contributed by atoms with Gasteiger partial charge in [0, 0.05) is 28.6 Å². The van der Waals surface area contributed by atoms with Crippen molar-refractivity contribution in [3.8, 4) is 0 Å². The van der Waals surface area contributed by atoms with Crippen LogP contribution >= 0.6 is 23.2 Å². The van der Waals surface area contributed by atoms with Crippen LogP contribution in [0.3, 0.4) is 0 Å². The number of hydrogen-bond acceptors (Lipinski definition) is 4. The van der Waals surface area contributed by atoms with E-state index in [-0.39, 0.29) is 16.2 Å². The van der Waals surface area contributed by atoms with Crippen LogP contribution in [0.15, 0.2) is 48.0 Å². The van der Waals surface area contributed by atoms with Gasteiger partial charge in [0.2, 0.25) is 5.78 Å². The number of rotatable bonds is 6. The number of ketones is 1. The van der Waals surface area contributed by atoms with Crippen molar-refractivity contribution in [3.05, 3.63) is 75.0 Å². The fourth-order valence-corrected chi connectivity index (χ4v) is 4.83. The Hall–Kier alpha value is -2.45. The molecule has 2 fully saturated rings. The Balaban J connectivity index is 1.70. The van der Waals surface area contributed by atoms with Crippen molar-refractivity contribution in [2.24, 2.45) is 0 Å². The second-order valence-electron chi connectivity index (χ2n) is 8.11. The number of ether oxygens (including phenoxy) is 1. The largest absolute Gasteiger partial charge is 0.872 e. The van der Waals surface area contributed by atoms with Crippen molar-refractivity contribution in [2.75, 3.05) is 39.4 Å². The summed E-state index contributed by atoms with van der Waals surface area (Å²) in [5, 5.41) is 13.9. The second-order valence-corrected chi connectivity index (χ2v) is 8.96. The number of hydrogen-bond donors (Lipinski definition) is 1. The number of carbonyl (C=O) groups is 2. The molecular formula is C24H23Cl2FN2O4. The predicted octanol–water partition coefficient (Wildman–Crippen LogP) is 1.66. The molecule has 0 spiro atoms. The molecule has 2 heterocycles. The molecule has 6 nitrogen and oxygen atoms in total. The zero-order valence-electron chi connectivity index (χ0n) is 17.8. The molecule has 2 aliphatic heterocycles. The zero-order chi connectivity index (χ0) is 23.5. The third kappa shape index (κ3) is 5.06. The minimum absolute atomic E-state index is 0.127. The summed E-state index contributed by atoms with van der Waals surface area (Å²) in [4.78, 5) is 28.8. The van der Waals surface area contributed by atoms with Crippen LogP contribution < -0.4 is 10.0 Å². The lowest BCUT2D eigenvalue weighted by Gasteiger charge is -2.29. The summed E-state index contributed by atoms with van der Waals surface area (Å²) in [6.45, 7) is 4.27. The van der Waals surface area contributed by atoms with Crippen LogP contribution in [-0.4, -0.2) is 56.0 Å². The van der Waals surface area contributed by atoms with E-state index < -0.39 is 29.3 Å². The third-order valence-electron chi connectivity index (χ3n) is 6.02. The van der Waals surface area contributed by atoms with Crippen LogP contribution in [0.1, 0.15) is 23.6 Å². The van der Waals surface area contributed by atoms with Gasteiger partial charge in [-0.05, 0) is 35.4 Å². The molecule has 2 saturated heterocycles. The Morgan fingerprint density at radius 1 is 1.12 bits per heavy atom. The summed E-state index contributed by atoms with van der Waals surface area (Å²) in [5.74, 6) is -2.73. The standard InChI is InChI=1S/C24H23Cl2FN2O4/c25-16-4-7-18(19(26)14-16)21-20(22(30)15-2-5-17(27)6-3-15)23(31)24(32)29(21)9-1-8-28-10-12-33-13-11-28/h2-7,14,21,30H,1,8-13H2. The maximum Gasteiger partial charge on any atom is 0.295 e. The average molecular weight is 493 g/mol. The van der Waals surface area contributed by atoms with Gasteiger partial charge in [-0.15, -0.1) is 0 Å². The highest BCUT2D eigenvalue weighted by atomic mass is 35.5. The van der Waals surface area contributed by atoms with E-state index in [0.717, 1.165) is 31.8 Å². The molecule has 9 heteroatoms. The minimum Gasteiger partial charge on any atom is -0.872 e. The summed E-state index contributed by atoms with van der Waals surface area (Å²) in [5.41, 5.74) is 0.390. The molecule has 33 heavy (non-hydrogen) atoms. The molecule has 1 atom stereocenters. The van der Waals surface area contributed by atoms with E-state index in [1.54, 1.807) is 12.1 Å². The van der Waals surface area contributed by atoms with E-state index in [1.807, 2.05) is 0 Å². The lowest BCUT2D eigenvalue weighted by atomic mass is 9.95. The highest BCUT2D eigenvalue weighted by Gasteiger charge is 2.44. The SMILES string of the molecule is O=C1C(=O)N(CCC[NH+]2CCOCC2)C(c2ccc(Cl)cc2Cl)C1=C([O-])c1ccc(F)cc1. The van der Waals surface area contributed by atoms with E-state index in [2.05, 4.69) is 0 Å². The molecule has 2 aromatic carbocycles. The molecular weight excluding hydrogens is 470 g/mol. The van der Waals surface area contributed by atoms with Crippen LogP contribution in [0, 0.1) is 5.82 Å². The van der Waals surface area contributed by atoms with Crippen molar-refractivity contribution in [3.63, 3.8) is 0 Å². The average Bonchev–Trinajstić information content (AvgIpc) is 3.05. The van der Waals surface area contributed by atoms with Crippen LogP contribution in [0.5, 0.6) is 0 Å². The summed E-state index contributed by atoms with van der Waals surface area (Å²) >= 11 is 12.5. The van der Waals surface area contributed by atoms with Crippen molar-refractivity contribution < 1.29 is 28.7 Å². The molecule has 0 aliphatic carbocycles. The lowest BCUT2D eigenvalue weighted by molar-refractivity contribution is -0.908. The van der Waals surface area contributed by atoms with Gasteiger partial charge in [-0.2, -0.15) is 0 Å². The molecule has 0 radical (unpaired) electrons. The molecule has 2 aliphatic rings. The van der Waals surface area contributed by atoms with Gasteiger partial charge >= 0.3 is 0 Å². The number of quaternary nitrogens is 1. The first-order chi connectivity index (χ1) is 15.9. The Morgan fingerprint density at radius 3 is 2.48 bits per heavy atom. The molecule has 1 amide bonds. The molecule has 0 saturated carbocycles. The number of benzene rings is 2. The number of nitrogens with zero attached hydrogens (tertiary/aromatic N) is 1. The number of halogens is 3. The van der Waals surface area contributed by atoms with Crippen LogP contribution in [0.4, 0.5) is 4.39 Å². The summed E-state index contributed by atoms with van der Waals surface area (Å²) in [7, 11) is 0. The van der Waals surface area contributed by atoms with E-state index in [0.29, 0.717) is 36.8 Å². The third-order valence-corrected chi connectivity index (χ3v) is 6.58. The Kier molecular flexibility index (Phi) is 7.34. The van der Waals surface area contributed by atoms with Crippen molar-refractivity contribution >= 4 is 40.7 Å². The van der Waals surface area contributed by atoms with E-state index in [9.17, 15) is 19.1 Å². The fourth-order valence-electron chi connectivity index (χ4n) is 4.31. The number of carbonyl (C=O) groups excluding carboxylic acids is 2. The van der Waals surface area contributed by atoms with Gasteiger partial charge in [0.25, 0.3) is 5.91 Å². The molecule has 1 N–H and O–H groups in total. The van der Waals surface area contributed by atoms with Gasteiger partial charge in [-0.1, -0.05) is 47.2 Å². The van der Waals surface area contributed by atoms with Gasteiger partial charge in [-0.3, -0.25) is 9.59 Å². The highest BCUT2D eigenvalue weighted by molar-refractivity contribution is 6.47. The van der Waals surface area contributed by atoms with Crippen molar-refractivity contribution in [2.45, 2.75) is 12.5 Å². The predicted molar refractivity (Wildman–Crippen MR) is 120 cm³/mol. The normalized spacial score (nSPS) is 21.1. The fraction of sp³-hybridized carbons (Fsp3) is 0.333. The molecule has 4 rings (SSSR count). The van der Waals surface area contributed by atoms with Crippen molar-refractivity contribution in [1.82, 2.24) is 4.90 Å². The Morgan fingerprint density at radius 2 is 1.82 bits per heavy atom. The van der Waals surface area contributed by atoms with Gasteiger partial charge in [-0.25, -0.2) is 4.39 Å². The second kappa shape index (κ2) is 10.2. The quantitative estimate of drug-likeness (QED) is 0.378. The summed E-state index contributed by atoms with van der Waals surface area (Å²) in [6, 6.07) is 8.69. The highest BCUT2D eigenvalue weighted by Crippen LogP contribution is 2.41. The molecule has 174 valence electrons. The van der Waals surface area contributed by atoms with Crippen LogP contribution in [-0.2, 0) is 14.3 Å². The zero-order valence-corrected chi connectivity index (χ0v) is 19.3. The first-order valence-corrected chi connectivity index (χ1v) is 11.5. The molecule has 0 bridgehead atoms. The Labute approximate surface area is 201 Å². The van der Waals surface area contributed by atoms with Gasteiger partial charge < -0.3 is 19.6 Å². The molecule has 0 aromatic heterocycles. The number of amides is 1. The molecule has 2 aromatic rings. The van der Waals surface area contributed by atoms with Gasteiger partial charge in [0.15, 0.2) is 0 Å². The van der Waals surface area contributed by atoms with E-state index in [1.165, 1.54) is 28.0 Å². The van der Waals surface area contributed by atoms with Gasteiger partial charge in [0.1, 0.15) is 18.9 Å². The summed E-state index contributed by atoms with van der Waals surface area (Å²) < 4.78 is 18.7. The maximum absolute atomic E-state index is 13.4. The number of nitrogens with one attached hydrogen (secondary N) is 1.